The van der Waals surface area contributed by atoms with Crippen molar-refractivity contribution < 1.29 is 19.2 Å². The average Bonchev–Trinajstić information content (AvgIpc) is 3.16. The molecule has 124 valence electrons. The third-order valence-corrected chi connectivity index (χ3v) is 4.87. The van der Waals surface area contributed by atoms with Gasteiger partial charge in [-0.1, -0.05) is 24.3 Å². The Kier molecular flexibility index (Phi) is 3.42. The number of amides is 2. The second-order valence-corrected chi connectivity index (χ2v) is 6.22. The van der Waals surface area contributed by atoms with Gasteiger partial charge in [0.2, 0.25) is 6.23 Å². The van der Waals surface area contributed by atoms with Crippen LogP contribution in [-0.2, 0) is 25.6 Å². The van der Waals surface area contributed by atoms with Gasteiger partial charge in [0.15, 0.2) is 0 Å². The normalized spacial score (nSPS) is 29.6. The van der Waals surface area contributed by atoms with Gasteiger partial charge in [0.25, 0.3) is 11.8 Å². The molecule has 0 aromatic heterocycles. The molecule has 1 aromatic carbocycles. The molecular formula is C18H18N2O4. The maximum atomic E-state index is 12.3. The first-order chi connectivity index (χ1) is 11.6. The molecule has 2 heterocycles. The van der Waals surface area contributed by atoms with Crippen LogP contribution < -0.4 is 5.32 Å². The molecule has 6 nitrogen and oxygen atoms in total. The fourth-order valence-electron chi connectivity index (χ4n) is 3.66. The van der Waals surface area contributed by atoms with Crippen LogP contribution in [0.2, 0.25) is 0 Å². The van der Waals surface area contributed by atoms with E-state index >= 15 is 0 Å². The number of nitrogens with one attached hydrogen (secondary N) is 1. The zero-order valence-corrected chi connectivity index (χ0v) is 13.5. The predicted molar refractivity (Wildman–Crippen MR) is 85.1 cm³/mol. The molecule has 1 saturated heterocycles. The van der Waals surface area contributed by atoms with Crippen LogP contribution in [0.5, 0.6) is 0 Å². The zero-order valence-electron chi connectivity index (χ0n) is 13.5. The summed E-state index contributed by atoms with van der Waals surface area (Å²) in [5, 5.41) is 4.18. The topological polar surface area (TPSA) is 67.9 Å². The van der Waals surface area contributed by atoms with Crippen LogP contribution in [0, 0.1) is 5.92 Å². The van der Waals surface area contributed by atoms with E-state index in [1.54, 1.807) is 13.0 Å². The van der Waals surface area contributed by atoms with Crippen LogP contribution in [0.25, 0.3) is 0 Å². The Hall–Kier alpha value is -2.60. The van der Waals surface area contributed by atoms with Gasteiger partial charge in [-0.2, -0.15) is 5.06 Å². The molecule has 0 spiro atoms. The first-order valence-corrected chi connectivity index (χ1v) is 7.90. The van der Waals surface area contributed by atoms with E-state index in [0.717, 1.165) is 11.5 Å². The highest BCUT2D eigenvalue weighted by molar-refractivity contribution is 5.97. The molecular weight excluding hydrogens is 308 g/mol. The van der Waals surface area contributed by atoms with E-state index in [2.05, 4.69) is 17.4 Å². The number of rotatable bonds is 3. The van der Waals surface area contributed by atoms with Crippen molar-refractivity contribution in [1.82, 2.24) is 10.4 Å². The molecule has 1 fully saturated rings. The van der Waals surface area contributed by atoms with Crippen molar-refractivity contribution in [3.8, 4) is 0 Å². The number of hydrogen-bond donors (Lipinski definition) is 1. The second kappa shape index (κ2) is 5.49. The summed E-state index contributed by atoms with van der Waals surface area (Å²) in [5.74, 6) is -0.288. The molecule has 3 aliphatic rings. The lowest BCUT2D eigenvalue weighted by Crippen LogP contribution is -2.34. The van der Waals surface area contributed by atoms with Crippen molar-refractivity contribution in [3.05, 3.63) is 58.9 Å². The fraction of sp³-hybridized carbons (Fsp3) is 0.333. The van der Waals surface area contributed by atoms with Crippen molar-refractivity contribution in [1.29, 1.82) is 0 Å². The summed E-state index contributed by atoms with van der Waals surface area (Å²) >= 11 is 0. The molecule has 4 rings (SSSR count). The Morgan fingerprint density at radius 2 is 2.08 bits per heavy atom. The Bertz CT molecular complexity index is 783. The van der Waals surface area contributed by atoms with Gasteiger partial charge in [-0.25, -0.2) is 0 Å². The lowest BCUT2D eigenvalue weighted by Gasteiger charge is -2.21. The van der Waals surface area contributed by atoms with E-state index in [1.165, 1.54) is 24.5 Å². The number of carbonyl (C=O) groups is 2. The molecule has 2 aliphatic heterocycles. The lowest BCUT2D eigenvalue weighted by molar-refractivity contribution is -0.201. The van der Waals surface area contributed by atoms with Crippen molar-refractivity contribution in [2.24, 2.45) is 5.92 Å². The average molecular weight is 326 g/mol. The Balaban J connectivity index is 1.56. The minimum atomic E-state index is -0.648. The van der Waals surface area contributed by atoms with Crippen LogP contribution in [0.15, 0.2) is 47.7 Å². The SMILES string of the molecule is CON1C(=O)C(C)=CC1O/C=C1/C(=O)NC2c3ccccc3CC12. The summed E-state index contributed by atoms with van der Waals surface area (Å²) in [6, 6.07) is 8.14. The molecule has 0 bridgehead atoms. The number of carbonyl (C=O) groups excluding carboxylic acids is 2. The van der Waals surface area contributed by atoms with Crippen LogP contribution in [0.4, 0.5) is 0 Å². The third-order valence-electron chi connectivity index (χ3n) is 4.87. The molecule has 24 heavy (non-hydrogen) atoms. The second-order valence-electron chi connectivity index (χ2n) is 6.22. The number of nitrogens with zero attached hydrogens (tertiary/aromatic N) is 1. The summed E-state index contributed by atoms with van der Waals surface area (Å²) in [5.41, 5.74) is 3.59. The van der Waals surface area contributed by atoms with Crippen LogP contribution in [0.3, 0.4) is 0 Å². The van der Waals surface area contributed by atoms with Crippen molar-refractivity contribution in [2.75, 3.05) is 7.11 Å². The van der Waals surface area contributed by atoms with E-state index in [-0.39, 0.29) is 23.8 Å². The maximum Gasteiger partial charge on any atom is 0.276 e. The molecule has 3 unspecified atom stereocenters. The van der Waals surface area contributed by atoms with Crippen LogP contribution in [0.1, 0.15) is 24.1 Å². The van der Waals surface area contributed by atoms with E-state index in [4.69, 9.17) is 9.57 Å². The largest absolute Gasteiger partial charge is 0.472 e. The minimum absolute atomic E-state index is 0.00423. The number of ether oxygens (including phenoxy) is 1. The highest BCUT2D eigenvalue weighted by atomic mass is 16.7. The highest BCUT2D eigenvalue weighted by Crippen LogP contribution is 2.44. The molecule has 1 aromatic rings. The number of hydroxylamine groups is 2. The third kappa shape index (κ3) is 2.14. The Morgan fingerprint density at radius 1 is 1.29 bits per heavy atom. The van der Waals surface area contributed by atoms with Crippen molar-refractivity contribution in [3.63, 3.8) is 0 Å². The molecule has 0 radical (unpaired) electrons. The van der Waals surface area contributed by atoms with Gasteiger partial charge in [0.1, 0.15) is 0 Å². The fourth-order valence-corrected chi connectivity index (χ4v) is 3.66. The number of fused-ring (bicyclic) bond motifs is 3. The smallest absolute Gasteiger partial charge is 0.276 e. The van der Waals surface area contributed by atoms with Gasteiger partial charge >= 0.3 is 0 Å². The van der Waals surface area contributed by atoms with E-state index in [9.17, 15) is 9.59 Å². The van der Waals surface area contributed by atoms with Gasteiger partial charge in [-0.3, -0.25) is 14.4 Å². The summed E-state index contributed by atoms with van der Waals surface area (Å²) in [6.07, 6.45) is 3.31. The molecule has 0 saturated carbocycles. The van der Waals surface area contributed by atoms with E-state index < -0.39 is 6.23 Å². The first kappa shape index (κ1) is 15.0. The van der Waals surface area contributed by atoms with Gasteiger partial charge in [0.05, 0.1) is 25.0 Å². The maximum absolute atomic E-state index is 12.3. The van der Waals surface area contributed by atoms with Crippen molar-refractivity contribution in [2.45, 2.75) is 25.6 Å². The Labute approximate surface area is 139 Å². The van der Waals surface area contributed by atoms with Crippen LogP contribution in [-0.4, -0.2) is 30.2 Å². The predicted octanol–water partition coefficient (Wildman–Crippen LogP) is 1.61. The molecule has 6 heteroatoms. The Morgan fingerprint density at radius 3 is 2.88 bits per heavy atom. The van der Waals surface area contributed by atoms with Crippen LogP contribution >= 0.6 is 0 Å². The molecule has 1 aliphatic carbocycles. The highest BCUT2D eigenvalue weighted by Gasteiger charge is 2.44. The molecule has 2 amide bonds. The lowest BCUT2D eigenvalue weighted by atomic mass is 9.97. The van der Waals surface area contributed by atoms with Gasteiger partial charge < -0.3 is 10.1 Å². The minimum Gasteiger partial charge on any atom is -0.472 e. The van der Waals surface area contributed by atoms with Gasteiger partial charge in [-0.05, 0) is 30.5 Å². The summed E-state index contributed by atoms with van der Waals surface area (Å²) in [6.45, 7) is 1.71. The monoisotopic (exact) mass is 326 g/mol. The van der Waals surface area contributed by atoms with Gasteiger partial charge in [0, 0.05) is 11.5 Å². The van der Waals surface area contributed by atoms with E-state index in [1.807, 2.05) is 12.1 Å². The number of hydrogen-bond acceptors (Lipinski definition) is 4. The first-order valence-electron chi connectivity index (χ1n) is 7.90. The van der Waals surface area contributed by atoms with E-state index in [0.29, 0.717) is 11.1 Å². The standard InChI is InChI=1S/C18H18N2O4/c1-10-7-15(20(23-2)18(10)22)24-9-14-13-8-11-5-3-4-6-12(11)16(13)19-17(14)21/h3-7,9,13,15-16H,8H2,1-2H3,(H,19,21)/b14-9+. The summed E-state index contributed by atoms with van der Waals surface area (Å²) < 4.78 is 5.69. The molecule has 3 atom stereocenters. The quantitative estimate of drug-likeness (QED) is 0.677. The summed E-state index contributed by atoms with van der Waals surface area (Å²) in [7, 11) is 1.42. The van der Waals surface area contributed by atoms with Crippen molar-refractivity contribution >= 4 is 11.8 Å². The molecule has 1 N–H and O–H groups in total. The summed E-state index contributed by atoms with van der Waals surface area (Å²) in [4.78, 5) is 29.2. The number of benzene rings is 1. The zero-order chi connectivity index (χ0) is 16.8. The van der Waals surface area contributed by atoms with Gasteiger partial charge in [-0.15, -0.1) is 0 Å².